The lowest BCUT2D eigenvalue weighted by molar-refractivity contribution is 0.432. The third-order valence-corrected chi connectivity index (χ3v) is 2.78. The van der Waals surface area contributed by atoms with Crippen molar-refractivity contribution in [1.82, 2.24) is 15.1 Å². The van der Waals surface area contributed by atoms with Crippen molar-refractivity contribution in [3.63, 3.8) is 0 Å². The van der Waals surface area contributed by atoms with Crippen LogP contribution in [0.15, 0.2) is 53.2 Å². The second kappa shape index (κ2) is 5.33. The zero-order valence-electron chi connectivity index (χ0n) is 10.5. The number of benzene rings is 1. The Kier molecular flexibility index (Phi) is 3.21. The molecular formula is C15H10N4O. The van der Waals surface area contributed by atoms with Crippen LogP contribution >= 0.6 is 0 Å². The Morgan fingerprint density at radius 2 is 2.10 bits per heavy atom. The number of pyridine rings is 1. The maximum Gasteiger partial charge on any atom is 0.258 e. The molecule has 5 nitrogen and oxygen atoms in total. The molecule has 0 aliphatic rings. The highest BCUT2D eigenvalue weighted by molar-refractivity contribution is 5.58. The summed E-state index contributed by atoms with van der Waals surface area (Å²) in [6.45, 7) is 0. The van der Waals surface area contributed by atoms with Crippen LogP contribution in [0.2, 0.25) is 0 Å². The highest BCUT2D eigenvalue weighted by Crippen LogP contribution is 2.21. The molecular weight excluding hydrogens is 252 g/mol. The quantitative estimate of drug-likeness (QED) is 0.725. The van der Waals surface area contributed by atoms with Gasteiger partial charge in [0.05, 0.1) is 12.5 Å². The molecule has 20 heavy (non-hydrogen) atoms. The van der Waals surface area contributed by atoms with Gasteiger partial charge in [0, 0.05) is 11.8 Å². The highest BCUT2D eigenvalue weighted by atomic mass is 16.5. The standard InChI is InChI=1S/C15H10N4O/c16-8-7-11-4-3-5-12(10-11)15-18-14(19-20-15)13-6-1-2-9-17-13/h1-6,9-10H,7H2. The number of nitriles is 1. The summed E-state index contributed by atoms with van der Waals surface area (Å²) in [6, 6.07) is 15.1. The van der Waals surface area contributed by atoms with Crippen molar-refractivity contribution in [1.29, 1.82) is 5.26 Å². The zero-order chi connectivity index (χ0) is 13.8. The van der Waals surface area contributed by atoms with Crippen molar-refractivity contribution >= 4 is 0 Å². The van der Waals surface area contributed by atoms with E-state index in [-0.39, 0.29) is 0 Å². The van der Waals surface area contributed by atoms with Crippen LogP contribution in [0.5, 0.6) is 0 Å². The Labute approximate surface area is 115 Å². The first-order valence-corrected chi connectivity index (χ1v) is 6.08. The average Bonchev–Trinajstić information content (AvgIpc) is 2.99. The summed E-state index contributed by atoms with van der Waals surface area (Å²) in [5.74, 6) is 0.872. The SMILES string of the molecule is N#CCc1cccc(-c2nc(-c3ccccn3)no2)c1. The van der Waals surface area contributed by atoms with Crippen molar-refractivity contribution in [3.8, 4) is 29.0 Å². The average molecular weight is 262 g/mol. The molecule has 1 aromatic carbocycles. The fourth-order valence-electron chi connectivity index (χ4n) is 1.85. The van der Waals surface area contributed by atoms with Gasteiger partial charge in [-0.25, -0.2) is 0 Å². The van der Waals surface area contributed by atoms with E-state index in [1.807, 2.05) is 42.5 Å². The van der Waals surface area contributed by atoms with Gasteiger partial charge in [-0.3, -0.25) is 4.98 Å². The fourth-order valence-corrected chi connectivity index (χ4v) is 1.85. The van der Waals surface area contributed by atoms with Crippen molar-refractivity contribution in [3.05, 3.63) is 54.2 Å². The van der Waals surface area contributed by atoms with E-state index in [2.05, 4.69) is 21.2 Å². The topological polar surface area (TPSA) is 75.6 Å². The number of rotatable bonds is 3. The molecule has 96 valence electrons. The Hall–Kier alpha value is -3.00. The number of hydrogen-bond donors (Lipinski definition) is 0. The van der Waals surface area contributed by atoms with Crippen LogP contribution < -0.4 is 0 Å². The van der Waals surface area contributed by atoms with E-state index < -0.39 is 0 Å². The molecule has 0 fully saturated rings. The van der Waals surface area contributed by atoms with Crippen LogP contribution in [0, 0.1) is 11.3 Å². The van der Waals surface area contributed by atoms with E-state index in [0.717, 1.165) is 11.1 Å². The van der Waals surface area contributed by atoms with Crippen LogP contribution in [-0.2, 0) is 6.42 Å². The predicted molar refractivity (Wildman–Crippen MR) is 72.3 cm³/mol. The molecule has 5 heteroatoms. The van der Waals surface area contributed by atoms with Gasteiger partial charge in [-0.2, -0.15) is 10.2 Å². The van der Waals surface area contributed by atoms with Crippen molar-refractivity contribution < 1.29 is 4.52 Å². The summed E-state index contributed by atoms with van der Waals surface area (Å²) in [5, 5.41) is 12.6. The normalized spacial score (nSPS) is 10.2. The second-order valence-electron chi connectivity index (χ2n) is 4.17. The molecule has 0 amide bonds. The Morgan fingerprint density at radius 3 is 2.90 bits per heavy atom. The summed E-state index contributed by atoms with van der Waals surface area (Å²) in [7, 11) is 0. The van der Waals surface area contributed by atoms with E-state index in [1.165, 1.54) is 0 Å². The summed E-state index contributed by atoms with van der Waals surface area (Å²) in [6.07, 6.45) is 2.04. The van der Waals surface area contributed by atoms with Crippen molar-refractivity contribution in [2.24, 2.45) is 0 Å². The summed E-state index contributed by atoms with van der Waals surface area (Å²) in [4.78, 5) is 8.50. The summed E-state index contributed by atoms with van der Waals surface area (Å²) >= 11 is 0. The first kappa shape index (κ1) is 12.1. The third-order valence-electron chi connectivity index (χ3n) is 2.78. The van der Waals surface area contributed by atoms with Gasteiger partial charge in [0.2, 0.25) is 5.82 Å². The maximum absolute atomic E-state index is 8.72. The minimum atomic E-state index is 0.356. The minimum absolute atomic E-state index is 0.356. The number of aromatic nitrogens is 3. The van der Waals surface area contributed by atoms with Crippen LogP contribution in [0.4, 0.5) is 0 Å². The van der Waals surface area contributed by atoms with Crippen molar-refractivity contribution in [2.45, 2.75) is 6.42 Å². The minimum Gasteiger partial charge on any atom is -0.334 e. The van der Waals surface area contributed by atoms with Crippen LogP contribution in [0.1, 0.15) is 5.56 Å². The van der Waals surface area contributed by atoms with Crippen molar-refractivity contribution in [2.75, 3.05) is 0 Å². The van der Waals surface area contributed by atoms with Gasteiger partial charge >= 0.3 is 0 Å². The molecule has 0 saturated heterocycles. The van der Waals surface area contributed by atoms with E-state index in [1.54, 1.807) is 6.20 Å². The zero-order valence-corrected chi connectivity index (χ0v) is 10.5. The lowest BCUT2D eigenvalue weighted by Crippen LogP contribution is -1.85. The monoisotopic (exact) mass is 262 g/mol. The molecule has 0 radical (unpaired) electrons. The molecule has 3 rings (SSSR count). The lowest BCUT2D eigenvalue weighted by atomic mass is 10.1. The van der Waals surface area contributed by atoms with Gasteiger partial charge in [-0.15, -0.1) is 0 Å². The molecule has 0 unspecified atom stereocenters. The maximum atomic E-state index is 8.72. The molecule has 0 spiro atoms. The molecule has 0 N–H and O–H groups in total. The predicted octanol–water partition coefficient (Wildman–Crippen LogP) is 2.86. The van der Waals surface area contributed by atoms with E-state index in [0.29, 0.717) is 23.8 Å². The fraction of sp³-hybridized carbons (Fsp3) is 0.0667. The lowest BCUT2D eigenvalue weighted by Gasteiger charge is -1.97. The van der Waals surface area contributed by atoms with Gasteiger partial charge in [0.1, 0.15) is 5.69 Å². The third kappa shape index (κ3) is 2.40. The number of nitrogens with zero attached hydrogens (tertiary/aromatic N) is 4. The molecule has 2 aromatic heterocycles. The molecule has 2 heterocycles. The largest absolute Gasteiger partial charge is 0.334 e. The Balaban J connectivity index is 1.94. The van der Waals surface area contributed by atoms with Crippen LogP contribution in [-0.4, -0.2) is 15.1 Å². The summed E-state index contributed by atoms with van der Waals surface area (Å²) < 4.78 is 5.25. The van der Waals surface area contributed by atoms with Gasteiger partial charge < -0.3 is 4.52 Å². The van der Waals surface area contributed by atoms with Gasteiger partial charge in [0.25, 0.3) is 5.89 Å². The smallest absolute Gasteiger partial charge is 0.258 e. The Morgan fingerprint density at radius 1 is 1.15 bits per heavy atom. The molecule has 3 aromatic rings. The van der Waals surface area contributed by atoms with Gasteiger partial charge in [0.15, 0.2) is 0 Å². The molecule has 0 saturated carbocycles. The van der Waals surface area contributed by atoms with E-state index >= 15 is 0 Å². The molecule has 0 aliphatic heterocycles. The molecule has 0 bridgehead atoms. The molecule has 0 atom stereocenters. The van der Waals surface area contributed by atoms with Crippen LogP contribution in [0.25, 0.3) is 23.0 Å². The first-order chi connectivity index (χ1) is 9.86. The highest BCUT2D eigenvalue weighted by Gasteiger charge is 2.11. The van der Waals surface area contributed by atoms with E-state index in [9.17, 15) is 0 Å². The van der Waals surface area contributed by atoms with Gasteiger partial charge in [-0.1, -0.05) is 23.4 Å². The van der Waals surface area contributed by atoms with Gasteiger partial charge in [-0.05, 0) is 29.8 Å². The first-order valence-electron chi connectivity index (χ1n) is 6.08. The Bertz CT molecular complexity index is 759. The summed E-state index contributed by atoms with van der Waals surface area (Å²) in [5.41, 5.74) is 2.38. The molecule has 0 aliphatic carbocycles. The number of hydrogen-bond acceptors (Lipinski definition) is 5. The van der Waals surface area contributed by atoms with E-state index in [4.69, 9.17) is 9.78 Å². The second-order valence-corrected chi connectivity index (χ2v) is 4.17. The van der Waals surface area contributed by atoms with Crippen LogP contribution in [0.3, 0.4) is 0 Å².